The lowest BCUT2D eigenvalue weighted by Crippen LogP contribution is -2.01. The molecule has 0 amide bonds. The summed E-state index contributed by atoms with van der Waals surface area (Å²) in [5, 5.41) is 4.39. The number of anilines is 1. The number of halogens is 4. The second kappa shape index (κ2) is 6.12. The highest BCUT2D eigenvalue weighted by molar-refractivity contribution is 9.10. The van der Waals surface area contributed by atoms with Crippen molar-refractivity contribution in [2.45, 2.75) is 13.5 Å². The third kappa shape index (κ3) is 3.62. The molecule has 19 heavy (non-hydrogen) atoms. The lowest BCUT2D eigenvalue weighted by atomic mass is 10.2. The van der Waals surface area contributed by atoms with Gasteiger partial charge in [-0.05, 0) is 64.3 Å². The van der Waals surface area contributed by atoms with Crippen LogP contribution in [0.2, 0.25) is 10.0 Å². The Hall–Kier alpha value is -0.770. The van der Waals surface area contributed by atoms with Crippen molar-refractivity contribution in [1.29, 1.82) is 0 Å². The number of benzene rings is 2. The summed E-state index contributed by atoms with van der Waals surface area (Å²) in [6.07, 6.45) is 0. The Balaban J connectivity index is 2.19. The summed E-state index contributed by atoms with van der Waals surface area (Å²) in [5.41, 5.74) is 2.53. The van der Waals surface area contributed by atoms with Crippen LogP contribution in [-0.2, 0) is 6.54 Å². The standard InChI is InChI=1S/C14H11BrCl2FN/c1-8-4-11(15)14(6-13(8)17)19-7-9-5-10(18)2-3-12(9)16/h2-6,19H,7H2,1H3. The highest BCUT2D eigenvalue weighted by atomic mass is 79.9. The SMILES string of the molecule is Cc1cc(Br)c(NCc2cc(F)ccc2Cl)cc1Cl. The van der Waals surface area contributed by atoms with Gasteiger partial charge < -0.3 is 5.32 Å². The molecule has 0 bridgehead atoms. The molecule has 0 unspecified atom stereocenters. The van der Waals surface area contributed by atoms with E-state index in [2.05, 4.69) is 21.2 Å². The largest absolute Gasteiger partial charge is 0.380 e. The van der Waals surface area contributed by atoms with Crippen molar-refractivity contribution in [3.8, 4) is 0 Å². The van der Waals surface area contributed by atoms with Crippen LogP contribution in [0.1, 0.15) is 11.1 Å². The molecule has 2 rings (SSSR count). The van der Waals surface area contributed by atoms with E-state index in [9.17, 15) is 4.39 Å². The number of aryl methyl sites for hydroxylation is 1. The molecule has 0 fully saturated rings. The Kier molecular flexibility index (Phi) is 4.71. The second-order valence-corrected chi connectivity index (χ2v) is 5.84. The number of nitrogens with one attached hydrogen (secondary N) is 1. The molecule has 0 aliphatic carbocycles. The van der Waals surface area contributed by atoms with Gasteiger partial charge in [-0.1, -0.05) is 23.2 Å². The minimum atomic E-state index is -0.304. The first-order valence-corrected chi connectivity index (χ1v) is 7.15. The van der Waals surface area contributed by atoms with E-state index in [4.69, 9.17) is 23.2 Å². The molecular formula is C14H11BrCl2FN. The van der Waals surface area contributed by atoms with Crippen LogP contribution in [0.15, 0.2) is 34.8 Å². The molecule has 0 saturated carbocycles. The maximum atomic E-state index is 13.2. The first kappa shape index (κ1) is 14.6. The monoisotopic (exact) mass is 361 g/mol. The molecule has 0 aliphatic rings. The van der Waals surface area contributed by atoms with Crippen LogP contribution in [0.4, 0.5) is 10.1 Å². The zero-order valence-corrected chi connectivity index (χ0v) is 13.2. The Labute approximate surface area is 129 Å². The van der Waals surface area contributed by atoms with Gasteiger partial charge in [0.25, 0.3) is 0 Å². The zero-order valence-electron chi connectivity index (χ0n) is 10.1. The predicted octanol–water partition coefficient (Wildman–Crippen LogP) is 5.82. The van der Waals surface area contributed by atoms with Gasteiger partial charge in [0.05, 0.1) is 5.69 Å². The highest BCUT2D eigenvalue weighted by Crippen LogP contribution is 2.30. The number of hydrogen-bond donors (Lipinski definition) is 1. The van der Waals surface area contributed by atoms with E-state index >= 15 is 0 Å². The maximum Gasteiger partial charge on any atom is 0.123 e. The summed E-state index contributed by atoms with van der Waals surface area (Å²) >= 11 is 15.6. The Morgan fingerprint density at radius 3 is 2.63 bits per heavy atom. The number of hydrogen-bond acceptors (Lipinski definition) is 1. The minimum Gasteiger partial charge on any atom is -0.380 e. The number of rotatable bonds is 3. The molecule has 1 N–H and O–H groups in total. The van der Waals surface area contributed by atoms with Crippen molar-refractivity contribution in [1.82, 2.24) is 0 Å². The molecule has 0 aliphatic heterocycles. The van der Waals surface area contributed by atoms with Crippen LogP contribution in [0.5, 0.6) is 0 Å². The summed E-state index contributed by atoms with van der Waals surface area (Å²) in [6.45, 7) is 2.36. The van der Waals surface area contributed by atoms with Gasteiger partial charge in [0, 0.05) is 21.1 Å². The summed E-state index contributed by atoms with van der Waals surface area (Å²) in [5.74, 6) is -0.304. The van der Waals surface area contributed by atoms with E-state index in [0.717, 1.165) is 15.7 Å². The van der Waals surface area contributed by atoms with Crippen molar-refractivity contribution in [3.63, 3.8) is 0 Å². The zero-order chi connectivity index (χ0) is 14.0. The summed E-state index contributed by atoms with van der Waals surface area (Å²) in [6, 6.07) is 8.06. The van der Waals surface area contributed by atoms with Crippen LogP contribution >= 0.6 is 39.1 Å². The van der Waals surface area contributed by atoms with E-state index in [1.54, 1.807) is 6.07 Å². The normalized spacial score (nSPS) is 10.6. The fourth-order valence-electron chi connectivity index (χ4n) is 1.65. The molecular weight excluding hydrogens is 352 g/mol. The molecule has 0 aromatic heterocycles. The van der Waals surface area contributed by atoms with Crippen molar-refractivity contribution < 1.29 is 4.39 Å². The first-order chi connectivity index (χ1) is 8.97. The highest BCUT2D eigenvalue weighted by Gasteiger charge is 2.06. The molecule has 2 aromatic carbocycles. The van der Waals surface area contributed by atoms with Crippen molar-refractivity contribution in [3.05, 3.63) is 61.8 Å². The molecule has 0 saturated heterocycles. The average molecular weight is 363 g/mol. The average Bonchev–Trinajstić information content (AvgIpc) is 2.36. The van der Waals surface area contributed by atoms with Gasteiger partial charge in [0.1, 0.15) is 5.82 Å². The smallest absolute Gasteiger partial charge is 0.123 e. The first-order valence-electron chi connectivity index (χ1n) is 5.61. The van der Waals surface area contributed by atoms with Crippen molar-refractivity contribution in [2.24, 2.45) is 0 Å². The van der Waals surface area contributed by atoms with Gasteiger partial charge in [-0.2, -0.15) is 0 Å². The molecule has 0 heterocycles. The molecule has 0 spiro atoms. The van der Waals surface area contributed by atoms with Crippen LogP contribution in [0.3, 0.4) is 0 Å². The van der Waals surface area contributed by atoms with Crippen molar-refractivity contribution >= 4 is 44.8 Å². The quantitative estimate of drug-likeness (QED) is 0.725. The third-order valence-electron chi connectivity index (χ3n) is 2.73. The third-order valence-corrected chi connectivity index (χ3v) is 4.16. The van der Waals surface area contributed by atoms with Crippen LogP contribution in [-0.4, -0.2) is 0 Å². The fraction of sp³-hybridized carbons (Fsp3) is 0.143. The fourth-order valence-corrected chi connectivity index (χ4v) is 2.60. The Morgan fingerprint density at radius 1 is 1.16 bits per heavy atom. The van der Waals surface area contributed by atoms with E-state index in [1.807, 2.05) is 19.1 Å². The van der Waals surface area contributed by atoms with E-state index < -0.39 is 0 Å². The second-order valence-electron chi connectivity index (χ2n) is 4.17. The molecule has 5 heteroatoms. The van der Waals surface area contributed by atoms with E-state index in [1.165, 1.54) is 12.1 Å². The van der Waals surface area contributed by atoms with Gasteiger partial charge >= 0.3 is 0 Å². The lowest BCUT2D eigenvalue weighted by molar-refractivity contribution is 0.626. The molecule has 2 aromatic rings. The van der Waals surface area contributed by atoms with E-state index in [-0.39, 0.29) is 5.82 Å². The Morgan fingerprint density at radius 2 is 1.89 bits per heavy atom. The van der Waals surface area contributed by atoms with Crippen LogP contribution < -0.4 is 5.32 Å². The molecule has 100 valence electrons. The van der Waals surface area contributed by atoms with Crippen LogP contribution in [0.25, 0.3) is 0 Å². The summed E-state index contributed by atoms with van der Waals surface area (Å²) in [7, 11) is 0. The van der Waals surface area contributed by atoms with Gasteiger partial charge in [0.2, 0.25) is 0 Å². The topological polar surface area (TPSA) is 12.0 Å². The summed E-state index contributed by atoms with van der Waals surface area (Å²) in [4.78, 5) is 0. The molecule has 1 nitrogen and oxygen atoms in total. The van der Waals surface area contributed by atoms with Crippen LogP contribution in [0, 0.1) is 12.7 Å². The maximum absolute atomic E-state index is 13.2. The van der Waals surface area contributed by atoms with Crippen molar-refractivity contribution in [2.75, 3.05) is 5.32 Å². The lowest BCUT2D eigenvalue weighted by Gasteiger charge is -2.11. The van der Waals surface area contributed by atoms with Gasteiger partial charge in [-0.3, -0.25) is 0 Å². The predicted molar refractivity (Wildman–Crippen MR) is 82.6 cm³/mol. The summed E-state index contributed by atoms with van der Waals surface area (Å²) < 4.78 is 14.1. The Bertz CT molecular complexity index is 617. The van der Waals surface area contributed by atoms with E-state index in [0.29, 0.717) is 22.2 Å². The van der Waals surface area contributed by atoms with Gasteiger partial charge in [-0.25, -0.2) is 4.39 Å². The molecule has 0 radical (unpaired) electrons. The minimum absolute atomic E-state index is 0.304. The van der Waals surface area contributed by atoms with Gasteiger partial charge in [0.15, 0.2) is 0 Å². The molecule has 0 atom stereocenters. The van der Waals surface area contributed by atoms with Gasteiger partial charge in [-0.15, -0.1) is 0 Å².